The number of fused-ring (bicyclic) bond motifs is 2. The summed E-state index contributed by atoms with van der Waals surface area (Å²) in [6, 6.07) is 0.951. The lowest BCUT2D eigenvalue weighted by molar-refractivity contribution is -0.128. The van der Waals surface area contributed by atoms with Crippen molar-refractivity contribution in [3.8, 4) is 0 Å². The van der Waals surface area contributed by atoms with Crippen LogP contribution >= 0.6 is 0 Å². The maximum Gasteiger partial charge on any atom is 0.136 e. The number of carbonyl (C=O) groups is 1. The zero-order valence-electron chi connectivity index (χ0n) is 10.1. The first-order chi connectivity index (χ1) is 7.06. The van der Waals surface area contributed by atoms with Gasteiger partial charge < -0.3 is 0 Å². The molecule has 2 saturated heterocycles. The minimum Gasteiger partial charge on any atom is -0.300 e. The molecule has 2 atom stereocenters. The van der Waals surface area contributed by atoms with E-state index in [2.05, 4.69) is 30.7 Å². The topological polar surface area (TPSA) is 23.6 Å². The third-order valence-corrected chi connectivity index (χ3v) is 3.64. The first kappa shape index (κ1) is 11.1. The van der Waals surface area contributed by atoms with Crippen molar-refractivity contribution in [2.24, 2.45) is 5.92 Å². The molecule has 3 heteroatoms. The van der Waals surface area contributed by atoms with Gasteiger partial charge in [0, 0.05) is 44.6 Å². The highest BCUT2D eigenvalue weighted by Gasteiger charge is 2.38. The van der Waals surface area contributed by atoms with Crippen LogP contribution in [0, 0.1) is 5.92 Å². The lowest BCUT2D eigenvalue weighted by atomic mass is 9.90. The molecule has 2 aliphatic heterocycles. The molecule has 2 aliphatic rings. The van der Waals surface area contributed by atoms with Crippen LogP contribution in [0.2, 0.25) is 0 Å². The van der Waals surface area contributed by atoms with Crippen LogP contribution in [0.3, 0.4) is 0 Å². The fraction of sp³-hybridized carbons (Fsp3) is 0.917. The molecule has 2 fully saturated rings. The molecular weight excluding hydrogens is 188 g/mol. The Morgan fingerprint density at radius 3 is 2.27 bits per heavy atom. The number of carbonyl (C=O) groups excluding carboxylic acids is 1. The summed E-state index contributed by atoms with van der Waals surface area (Å²) in [5.41, 5.74) is 0. The second kappa shape index (κ2) is 4.22. The van der Waals surface area contributed by atoms with E-state index < -0.39 is 0 Å². The van der Waals surface area contributed by atoms with Gasteiger partial charge >= 0.3 is 0 Å². The minimum absolute atomic E-state index is 0.465. The van der Waals surface area contributed by atoms with Crippen LogP contribution in [0.4, 0.5) is 0 Å². The highest BCUT2D eigenvalue weighted by atomic mass is 16.1. The van der Waals surface area contributed by atoms with E-state index >= 15 is 0 Å². The lowest BCUT2D eigenvalue weighted by Gasteiger charge is -2.48. The molecule has 15 heavy (non-hydrogen) atoms. The van der Waals surface area contributed by atoms with Gasteiger partial charge in [-0.1, -0.05) is 13.8 Å². The van der Waals surface area contributed by atoms with Crippen LogP contribution in [0.15, 0.2) is 0 Å². The Labute approximate surface area is 92.4 Å². The maximum atomic E-state index is 11.5. The van der Waals surface area contributed by atoms with Gasteiger partial charge in [-0.05, 0) is 13.0 Å². The molecule has 0 saturated carbocycles. The summed E-state index contributed by atoms with van der Waals surface area (Å²) in [4.78, 5) is 16.5. The van der Waals surface area contributed by atoms with Gasteiger partial charge in [-0.25, -0.2) is 0 Å². The van der Waals surface area contributed by atoms with Gasteiger partial charge in [0.1, 0.15) is 5.78 Å². The van der Waals surface area contributed by atoms with Crippen molar-refractivity contribution >= 4 is 5.78 Å². The van der Waals surface area contributed by atoms with Crippen molar-refractivity contribution in [2.75, 3.05) is 26.7 Å². The molecule has 0 aliphatic carbocycles. The molecule has 0 radical (unpaired) electrons. The molecule has 2 bridgehead atoms. The van der Waals surface area contributed by atoms with E-state index in [0.717, 1.165) is 31.8 Å². The highest BCUT2D eigenvalue weighted by Crippen LogP contribution is 2.25. The molecule has 0 amide bonds. The summed E-state index contributed by atoms with van der Waals surface area (Å²) in [6.45, 7) is 7.86. The van der Waals surface area contributed by atoms with Crippen molar-refractivity contribution in [2.45, 2.75) is 38.8 Å². The Hall–Kier alpha value is -0.410. The van der Waals surface area contributed by atoms with Crippen molar-refractivity contribution in [1.29, 1.82) is 0 Å². The normalized spacial score (nSPS) is 33.7. The van der Waals surface area contributed by atoms with Gasteiger partial charge in [-0.15, -0.1) is 0 Å². The number of Topliss-reactive ketones (excluding diaryl/α,β-unsaturated/α-hetero) is 1. The van der Waals surface area contributed by atoms with Crippen LogP contribution in [0.25, 0.3) is 0 Å². The number of likely N-dealkylation sites (N-methyl/N-ethyl adjacent to an activating group) is 1. The fourth-order valence-electron chi connectivity index (χ4n) is 2.92. The average molecular weight is 210 g/mol. The predicted octanol–water partition coefficient (Wildman–Crippen LogP) is 0.990. The molecule has 2 unspecified atom stereocenters. The number of hydrogen-bond acceptors (Lipinski definition) is 3. The molecule has 0 aromatic carbocycles. The first-order valence-electron chi connectivity index (χ1n) is 6.02. The quantitative estimate of drug-likeness (QED) is 0.679. The van der Waals surface area contributed by atoms with E-state index in [1.54, 1.807) is 0 Å². The molecule has 2 heterocycles. The molecule has 0 aromatic heterocycles. The third kappa shape index (κ3) is 2.40. The van der Waals surface area contributed by atoms with E-state index in [0.29, 0.717) is 17.9 Å². The van der Waals surface area contributed by atoms with E-state index in [-0.39, 0.29) is 0 Å². The number of ketones is 1. The molecule has 3 nitrogen and oxygen atoms in total. The van der Waals surface area contributed by atoms with E-state index in [1.807, 2.05) is 0 Å². The fourth-order valence-corrected chi connectivity index (χ4v) is 2.92. The maximum absolute atomic E-state index is 11.5. The molecule has 2 rings (SSSR count). The molecule has 0 aromatic rings. The standard InChI is InChI=1S/C12H22N2O/c1-9(2)6-14-7-10-4-12(15)5-11(8-14)13(10)3/h9-11H,4-8H2,1-3H3. The SMILES string of the molecule is CC(C)CN1CC2CC(=O)CC(C1)N2C. The average Bonchev–Trinajstić information content (AvgIpc) is 2.08. The van der Waals surface area contributed by atoms with E-state index in [1.165, 1.54) is 6.54 Å². The Balaban J connectivity index is 1.99. The van der Waals surface area contributed by atoms with Crippen molar-refractivity contribution in [3.63, 3.8) is 0 Å². The van der Waals surface area contributed by atoms with Crippen LogP contribution in [-0.2, 0) is 4.79 Å². The van der Waals surface area contributed by atoms with Gasteiger partial charge in [0.05, 0.1) is 0 Å². The lowest BCUT2D eigenvalue weighted by Crippen LogP contribution is -2.61. The van der Waals surface area contributed by atoms with Crippen LogP contribution in [0.5, 0.6) is 0 Å². The Morgan fingerprint density at radius 2 is 1.80 bits per heavy atom. The van der Waals surface area contributed by atoms with E-state index in [4.69, 9.17) is 0 Å². The summed E-state index contributed by atoms with van der Waals surface area (Å²) >= 11 is 0. The number of piperidine rings is 1. The predicted molar refractivity (Wildman–Crippen MR) is 60.9 cm³/mol. The van der Waals surface area contributed by atoms with Gasteiger partial charge in [0.15, 0.2) is 0 Å². The zero-order valence-corrected chi connectivity index (χ0v) is 10.1. The van der Waals surface area contributed by atoms with Gasteiger partial charge in [0.2, 0.25) is 0 Å². The minimum atomic E-state index is 0.465. The Kier molecular flexibility index (Phi) is 3.12. The van der Waals surface area contributed by atoms with Crippen molar-refractivity contribution < 1.29 is 4.79 Å². The number of rotatable bonds is 2. The second-order valence-corrected chi connectivity index (χ2v) is 5.53. The van der Waals surface area contributed by atoms with Crippen molar-refractivity contribution in [3.05, 3.63) is 0 Å². The van der Waals surface area contributed by atoms with Crippen LogP contribution in [-0.4, -0.2) is 54.3 Å². The number of likely N-dealkylation sites (tertiary alicyclic amines) is 1. The summed E-state index contributed by atoms with van der Waals surface area (Å²) in [6.07, 6.45) is 1.53. The summed E-state index contributed by atoms with van der Waals surface area (Å²) in [5.74, 6) is 1.19. The van der Waals surface area contributed by atoms with Gasteiger partial charge in [-0.2, -0.15) is 0 Å². The number of piperazine rings is 1. The summed E-state index contributed by atoms with van der Waals surface area (Å²) in [5, 5.41) is 0. The van der Waals surface area contributed by atoms with E-state index in [9.17, 15) is 4.79 Å². The van der Waals surface area contributed by atoms with Gasteiger partial charge in [0.25, 0.3) is 0 Å². The first-order valence-corrected chi connectivity index (χ1v) is 6.02. The Bertz CT molecular complexity index is 234. The second-order valence-electron chi connectivity index (χ2n) is 5.53. The molecule has 0 spiro atoms. The Morgan fingerprint density at radius 1 is 1.27 bits per heavy atom. The summed E-state index contributed by atoms with van der Waals surface area (Å²) < 4.78 is 0. The summed E-state index contributed by atoms with van der Waals surface area (Å²) in [7, 11) is 2.18. The molecular formula is C12H22N2O. The largest absolute Gasteiger partial charge is 0.300 e. The van der Waals surface area contributed by atoms with Crippen LogP contribution < -0.4 is 0 Å². The smallest absolute Gasteiger partial charge is 0.136 e. The van der Waals surface area contributed by atoms with Gasteiger partial charge in [-0.3, -0.25) is 14.6 Å². The number of hydrogen-bond donors (Lipinski definition) is 0. The monoisotopic (exact) mass is 210 g/mol. The van der Waals surface area contributed by atoms with Crippen molar-refractivity contribution in [1.82, 2.24) is 9.80 Å². The molecule has 86 valence electrons. The number of nitrogens with zero attached hydrogens (tertiary/aromatic N) is 2. The third-order valence-electron chi connectivity index (χ3n) is 3.64. The zero-order chi connectivity index (χ0) is 11.0. The highest BCUT2D eigenvalue weighted by molar-refractivity contribution is 5.80. The van der Waals surface area contributed by atoms with Crippen LogP contribution in [0.1, 0.15) is 26.7 Å². The molecule has 0 N–H and O–H groups in total.